The highest BCUT2D eigenvalue weighted by Crippen LogP contribution is 2.36. The molecule has 35 heavy (non-hydrogen) atoms. The van der Waals surface area contributed by atoms with Gasteiger partial charge in [0.1, 0.15) is 11.9 Å². The van der Waals surface area contributed by atoms with Gasteiger partial charge in [-0.2, -0.15) is 13.2 Å². The molecule has 3 heterocycles. The van der Waals surface area contributed by atoms with E-state index >= 15 is 0 Å². The number of aryl methyl sites for hydroxylation is 1. The van der Waals surface area contributed by atoms with Gasteiger partial charge in [-0.3, -0.25) is 9.69 Å². The Morgan fingerprint density at radius 1 is 1.17 bits per heavy atom. The Morgan fingerprint density at radius 2 is 1.91 bits per heavy atom. The number of hydrogen-bond donors (Lipinski definition) is 1. The van der Waals surface area contributed by atoms with Gasteiger partial charge in [-0.25, -0.2) is 13.8 Å². The van der Waals surface area contributed by atoms with Crippen LogP contribution in [-0.4, -0.2) is 65.3 Å². The quantitative estimate of drug-likeness (QED) is 0.637. The van der Waals surface area contributed by atoms with E-state index < -0.39 is 41.4 Å². The number of pyridine rings is 1. The highest BCUT2D eigenvalue weighted by atomic mass is 19.4. The zero-order valence-corrected chi connectivity index (χ0v) is 19.4. The van der Waals surface area contributed by atoms with Gasteiger partial charge in [0.15, 0.2) is 11.6 Å². The third-order valence-electron chi connectivity index (χ3n) is 6.63. The van der Waals surface area contributed by atoms with Gasteiger partial charge in [0.05, 0.1) is 11.7 Å². The summed E-state index contributed by atoms with van der Waals surface area (Å²) in [6, 6.07) is 3.96. The number of aromatic nitrogens is 1. The van der Waals surface area contributed by atoms with E-state index in [1.807, 2.05) is 4.90 Å². The van der Waals surface area contributed by atoms with Crippen LogP contribution < -0.4 is 9.80 Å². The van der Waals surface area contributed by atoms with Crippen LogP contribution in [0.2, 0.25) is 0 Å². The van der Waals surface area contributed by atoms with Crippen molar-refractivity contribution < 1.29 is 31.9 Å². The van der Waals surface area contributed by atoms with Gasteiger partial charge in [-0.05, 0) is 51.0 Å². The molecule has 2 aliphatic rings. The van der Waals surface area contributed by atoms with Crippen LogP contribution in [0.4, 0.5) is 33.5 Å². The van der Waals surface area contributed by atoms with Gasteiger partial charge in [-0.1, -0.05) is 0 Å². The second-order valence-corrected chi connectivity index (χ2v) is 9.03. The molecule has 0 radical (unpaired) electrons. The average molecular weight is 498 g/mol. The summed E-state index contributed by atoms with van der Waals surface area (Å²) in [7, 11) is 0. The summed E-state index contributed by atoms with van der Waals surface area (Å²) >= 11 is 0. The molecule has 11 heteroatoms. The van der Waals surface area contributed by atoms with Crippen LogP contribution in [0.15, 0.2) is 30.3 Å². The fourth-order valence-electron chi connectivity index (χ4n) is 4.93. The predicted octanol–water partition coefficient (Wildman–Crippen LogP) is 3.75. The van der Waals surface area contributed by atoms with Crippen LogP contribution in [0.5, 0.6) is 0 Å². The standard InChI is InChI=1S/C24H27F5N4O2/c1-3-32(16-4-5-19(25)20(26)10-16)23(35)21-11-17(31-7-6-18(34)13-31)12-33(21)22-9-15(24(27,28)29)8-14(2)30-22/h4-5,8-10,17-18,21,34H,3,6-7,11-13H2,1-2H3. The van der Waals surface area contributed by atoms with E-state index in [4.69, 9.17) is 0 Å². The molecule has 0 saturated carbocycles. The summed E-state index contributed by atoms with van der Waals surface area (Å²) in [5.41, 5.74) is -0.544. The van der Waals surface area contributed by atoms with Crippen molar-refractivity contribution in [2.75, 3.05) is 36.0 Å². The first kappa shape index (κ1) is 25.3. The molecule has 0 spiro atoms. The highest BCUT2D eigenvalue weighted by Gasteiger charge is 2.44. The number of alkyl halides is 3. The summed E-state index contributed by atoms with van der Waals surface area (Å²) in [5.74, 6) is -2.57. The minimum atomic E-state index is -4.58. The Bertz CT molecular complexity index is 1100. The zero-order chi connectivity index (χ0) is 25.5. The van der Waals surface area contributed by atoms with E-state index in [1.54, 1.807) is 11.8 Å². The lowest BCUT2D eigenvalue weighted by Crippen LogP contribution is -2.46. The maximum absolute atomic E-state index is 13.9. The van der Waals surface area contributed by atoms with Gasteiger partial charge in [0.25, 0.3) is 0 Å². The number of carbonyl (C=O) groups excluding carboxylic acids is 1. The molecule has 1 aromatic carbocycles. The monoisotopic (exact) mass is 498 g/mol. The molecule has 2 aromatic rings. The van der Waals surface area contributed by atoms with E-state index in [0.29, 0.717) is 25.9 Å². The zero-order valence-electron chi connectivity index (χ0n) is 19.4. The minimum Gasteiger partial charge on any atom is -0.392 e. The van der Waals surface area contributed by atoms with E-state index in [2.05, 4.69) is 4.98 Å². The van der Waals surface area contributed by atoms with Crippen molar-refractivity contribution >= 4 is 17.4 Å². The Balaban J connectivity index is 1.71. The number of aliphatic hydroxyl groups is 1. The molecule has 2 aliphatic heterocycles. The van der Waals surface area contributed by atoms with Crippen molar-refractivity contribution in [2.24, 2.45) is 0 Å². The fourth-order valence-corrected chi connectivity index (χ4v) is 4.93. The van der Waals surface area contributed by atoms with Crippen LogP contribution in [0.1, 0.15) is 31.0 Å². The summed E-state index contributed by atoms with van der Waals surface area (Å²) in [4.78, 5) is 22.9. The first-order valence-corrected chi connectivity index (χ1v) is 11.5. The van der Waals surface area contributed by atoms with Crippen molar-refractivity contribution in [1.29, 1.82) is 0 Å². The number of halogens is 5. The number of hydrogen-bond acceptors (Lipinski definition) is 5. The number of likely N-dealkylation sites (N-methyl/N-ethyl adjacent to an activating group) is 1. The number of carbonyl (C=O) groups is 1. The molecular weight excluding hydrogens is 471 g/mol. The number of rotatable bonds is 5. The molecule has 1 aromatic heterocycles. The van der Waals surface area contributed by atoms with Gasteiger partial charge in [-0.15, -0.1) is 0 Å². The molecule has 6 nitrogen and oxygen atoms in total. The Kier molecular flexibility index (Phi) is 7.01. The Labute approximate surface area is 200 Å². The number of anilines is 2. The van der Waals surface area contributed by atoms with Crippen LogP contribution in [0.3, 0.4) is 0 Å². The third-order valence-corrected chi connectivity index (χ3v) is 6.63. The van der Waals surface area contributed by atoms with Gasteiger partial charge < -0.3 is 14.9 Å². The number of β-amino-alcohol motifs (C(OH)–C–C–N with tert-alkyl or cyclic N) is 1. The molecule has 190 valence electrons. The number of amides is 1. The van der Waals surface area contributed by atoms with Crippen molar-refractivity contribution in [2.45, 2.75) is 51.1 Å². The summed E-state index contributed by atoms with van der Waals surface area (Å²) in [5, 5.41) is 9.97. The average Bonchev–Trinajstić information content (AvgIpc) is 3.42. The van der Waals surface area contributed by atoms with E-state index in [-0.39, 0.29) is 36.3 Å². The first-order chi connectivity index (χ1) is 16.5. The van der Waals surface area contributed by atoms with Crippen molar-refractivity contribution in [1.82, 2.24) is 9.88 Å². The number of likely N-dealkylation sites (tertiary alicyclic amines) is 1. The number of benzene rings is 1. The van der Waals surface area contributed by atoms with Gasteiger partial charge >= 0.3 is 6.18 Å². The number of nitrogens with zero attached hydrogens (tertiary/aromatic N) is 4. The third kappa shape index (κ3) is 5.25. The molecule has 2 fully saturated rings. The second kappa shape index (κ2) is 9.69. The lowest BCUT2D eigenvalue weighted by atomic mass is 10.1. The Hall–Kier alpha value is -2.79. The van der Waals surface area contributed by atoms with Gasteiger partial charge in [0, 0.05) is 49.7 Å². The van der Waals surface area contributed by atoms with Gasteiger partial charge in [0.2, 0.25) is 5.91 Å². The SMILES string of the molecule is CCN(C(=O)C1CC(N2CCC(O)C2)CN1c1cc(C(F)(F)F)cc(C)n1)c1ccc(F)c(F)c1. The van der Waals surface area contributed by atoms with Crippen LogP contribution in [0.25, 0.3) is 0 Å². The maximum atomic E-state index is 13.9. The maximum Gasteiger partial charge on any atom is 0.416 e. The summed E-state index contributed by atoms with van der Waals surface area (Å²) in [6.07, 6.45) is -4.21. The van der Waals surface area contributed by atoms with Crippen molar-refractivity contribution in [3.63, 3.8) is 0 Å². The smallest absolute Gasteiger partial charge is 0.392 e. The highest BCUT2D eigenvalue weighted by molar-refractivity contribution is 5.99. The fraction of sp³-hybridized carbons (Fsp3) is 0.500. The molecule has 3 unspecified atom stereocenters. The van der Waals surface area contributed by atoms with Crippen LogP contribution in [0, 0.1) is 18.6 Å². The van der Waals surface area contributed by atoms with E-state index in [0.717, 1.165) is 24.3 Å². The summed E-state index contributed by atoms with van der Waals surface area (Å²) < 4.78 is 67.9. The lowest BCUT2D eigenvalue weighted by Gasteiger charge is -2.30. The Morgan fingerprint density at radius 3 is 2.51 bits per heavy atom. The van der Waals surface area contributed by atoms with E-state index in [9.17, 15) is 31.9 Å². The van der Waals surface area contributed by atoms with E-state index in [1.165, 1.54) is 17.9 Å². The number of aliphatic hydroxyl groups excluding tert-OH is 1. The predicted molar refractivity (Wildman–Crippen MR) is 120 cm³/mol. The van der Waals surface area contributed by atoms with Crippen molar-refractivity contribution in [3.05, 3.63) is 53.2 Å². The van der Waals surface area contributed by atoms with Crippen molar-refractivity contribution in [3.8, 4) is 0 Å². The molecular formula is C24H27F5N4O2. The molecule has 1 amide bonds. The lowest BCUT2D eigenvalue weighted by molar-refractivity contribution is -0.137. The first-order valence-electron chi connectivity index (χ1n) is 11.5. The molecule has 1 N–H and O–H groups in total. The van der Waals surface area contributed by atoms with Crippen LogP contribution in [-0.2, 0) is 11.0 Å². The molecule has 0 bridgehead atoms. The molecule has 2 saturated heterocycles. The molecule has 0 aliphatic carbocycles. The van der Waals surface area contributed by atoms with Crippen LogP contribution >= 0.6 is 0 Å². The topological polar surface area (TPSA) is 59.9 Å². The second-order valence-electron chi connectivity index (χ2n) is 9.03. The summed E-state index contributed by atoms with van der Waals surface area (Å²) in [6.45, 7) is 4.55. The largest absolute Gasteiger partial charge is 0.416 e. The molecule has 4 rings (SSSR count). The normalized spacial score (nSPS) is 23.2. The minimum absolute atomic E-state index is 0.0271. The molecule has 3 atom stereocenters.